The molecule has 2 N–H and O–H groups in total. The van der Waals surface area contributed by atoms with Crippen molar-refractivity contribution in [1.82, 2.24) is 0 Å². The van der Waals surface area contributed by atoms with Crippen LogP contribution in [0.25, 0.3) is 0 Å². The molecule has 0 fully saturated rings. The van der Waals surface area contributed by atoms with Crippen LogP contribution in [0.2, 0.25) is 0 Å². The van der Waals surface area contributed by atoms with Crippen molar-refractivity contribution in [3.63, 3.8) is 0 Å². The Labute approximate surface area is 108 Å². The molecular formula is CH7I4NPbSn. The Morgan fingerprint density at radius 2 is 1.00 bits per heavy atom. The summed E-state index contributed by atoms with van der Waals surface area (Å²) in [6.45, 7) is 0. The molecule has 1 nitrogen and oxygen atoms in total. The third kappa shape index (κ3) is 46.2. The van der Waals surface area contributed by atoms with Gasteiger partial charge < -0.3 is 5.73 Å². The summed E-state index contributed by atoms with van der Waals surface area (Å²) in [7, 11) is 1.50. The van der Waals surface area contributed by atoms with E-state index in [1.807, 2.05) is 0 Å². The molecule has 0 amide bonds. The maximum atomic E-state index is 4.50. The molecule has 0 heterocycles. The summed E-state index contributed by atoms with van der Waals surface area (Å²) in [6.07, 6.45) is 0. The normalized spacial score (nSPS) is 8.25. The molecular weight excluding hydrogens is 860 g/mol. The van der Waals surface area contributed by atoms with Gasteiger partial charge in [-0.2, -0.15) is 0 Å². The summed E-state index contributed by atoms with van der Waals surface area (Å²) >= 11 is 10.2. The summed E-state index contributed by atoms with van der Waals surface area (Å²) in [5.74, 6) is 0. The molecule has 2 radical (unpaired) electrons. The van der Waals surface area contributed by atoms with Crippen LogP contribution in [-0.4, -0.2) is 35.0 Å². The molecule has 0 rings (SSSR count). The van der Waals surface area contributed by atoms with Crippen molar-refractivity contribution in [2.75, 3.05) is 7.05 Å². The van der Waals surface area contributed by atoms with Crippen LogP contribution in [0.1, 0.15) is 0 Å². The van der Waals surface area contributed by atoms with E-state index in [-0.39, 0.29) is 23.9 Å². The average molecular weight is 867 g/mol. The molecule has 0 saturated carbocycles. The zero-order valence-corrected chi connectivity index (χ0v) is 20.9. The van der Waals surface area contributed by atoms with E-state index in [2.05, 4.69) is 76.8 Å². The fourth-order valence-corrected chi connectivity index (χ4v) is 0. The van der Waals surface area contributed by atoms with Gasteiger partial charge in [-0.05, 0) is 7.05 Å². The van der Waals surface area contributed by atoms with E-state index in [9.17, 15) is 0 Å². The minimum atomic E-state index is -1.40. The molecule has 0 unspecified atom stereocenters. The van der Waals surface area contributed by atoms with E-state index < -0.39 is 4.00 Å². The second-order valence-corrected chi connectivity index (χ2v) is 169. The SMILES string of the molecule is CN.[I][Pb]([I])([I])[I].[SnH2]. The molecule has 0 aromatic carbocycles. The quantitative estimate of drug-likeness (QED) is 0.293. The summed E-state index contributed by atoms with van der Waals surface area (Å²) in [4.78, 5) is 0. The molecule has 0 aliphatic rings. The van der Waals surface area contributed by atoms with Gasteiger partial charge in [0, 0.05) is 0 Å². The molecule has 0 saturated heterocycles. The van der Waals surface area contributed by atoms with Crippen molar-refractivity contribution in [3.05, 3.63) is 0 Å². The van der Waals surface area contributed by atoms with Crippen molar-refractivity contribution >= 4 is 99.0 Å². The number of halogens is 4. The van der Waals surface area contributed by atoms with Crippen LogP contribution in [0.3, 0.4) is 0 Å². The molecule has 0 aromatic rings. The summed E-state index contributed by atoms with van der Waals surface area (Å²) < 4.78 is -1.40. The monoisotopic (exact) mass is 869 g/mol. The summed E-state index contributed by atoms with van der Waals surface area (Å²) in [6, 6.07) is 0. The predicted molar refractivity (Wildman–Crippen MR) is 80.5 cm³/mol. The molecule has 0 bridgehead atoms. The average Bonchev–Trinajstić information content (AvgIpc) is 1.36. The van der Waals surface area contributed by atoms with E-state index >= 15 is 0 Å². The van der Waals surface area contributed by atoms with Crippen LogP contribution < -0.4 is 5.73 Å². The molecule has 8 heavy (non-hydrogen) atoms. The molecule has 0 atom stereocenters. The molecule has 0 aliphatic carbocycles. The number of rotatable bonds is 0. The molecule has 0 aliphatic heterocycles. The van der Waals surface area contributed by atoms with Gasteiger partial charge in [0.25, 0.3) is 0 Å². The predicted octanol–water partition coefficient (Wildman–Crippen LogP) is 1.82. The first-order valence-electron chi connectivity index (χ1n) is 1.33. The van der Waals surface area contributed by atoms with Gasteiger partial charge in [0.05, 0.1) is 0 Å². The van der Waals surface area contributed by atoms with Gasteiger partial charge in [-0.15, -0.1) is 0 Å². The summed E-state index contributed by atoms with van der Waals surface area (Å²) in [5, 5.41) is 0. The van der Waals surface area contributed by atoms with Gasteiger partial charge in [-0.1, -0.05) is 0 Å². The Hall–Kier alpha value is 4.60. The van der Waals surface area contributed by atoms with Crippen molar-refractivity contribution in [2.45, 2.75) is 0 Å². The first-order chi connectivity index (χ1) is 3.00. The fraction of sp³-hybridized carbons (Fsp3) is 1.00. The van der Waals surface area contributed by atoms with E-state index in [0.717, 1.165) is 0 Å². The van der Waals surface area contributed by atoms with Crippen LogP contribution in [-0.2, 0) is 0 Å². The topological polar surface area (TPSA) is 26.0 Å². The van der Waals surface area contributed by atoms with E-state index in [4.69, 9.17) is 0 Å². The van der Waals surface area contributed by atoms with Crippen molar-refractivity contribution in [2.24, 2.45) is 5.73 Å². The maximum absolute atomic E-state index is 4.50. The minimum absolute atomic E-state index is 0. The Morgan fingerprint density at radius 3 is 1.00 bits per heavy atom. The van der Waals surface area contributed by atoms with Crippen molar-refractivity contribution in [1.29, 1.82) is 0 Å². The Balaban J connectivity index is -0.0000000750. The number of hydrogen-bond acceptors (Lipinski definition) is 1. The molecule has 7 heteroatoms. The van der Waals surface area contributed by atoms with Crippen molar-refractivity contribution < 1.29 is 0 Å². The Morgan fingerprint density at radius 1 is 1.00 bits per heavy atom. The van der Waals surface area contributed by atoms with E-state index in [1.54, 1.807) is 0 Å². The molecule has 0 spiro atoms. The zero-order chi connectivity index (χ0) is 6.50. The molecule has 52 valence electrons. The van der Waals surface area contributed by atoms with Crippen LogP contribution >= 0.6 is 71.0 Å². The van der Waals surface area contributed by atoms with Gasteiger partial charge in [0.2, 0.25) is 0 Å². The van der Waals surface area contributed by atoms with Crippen LogP contribution in [0, 0.1) is 0 Å². The second-order valence-electron chi connectivity index (χ2n) is 0.429. The number of nitrogens with two attached hydrogens (primary N) is 1. The van der Waals surface area contributed by atoms with Crippen LogP contribution in [0.4, 0.5) is 0 Å². The number of hydrogen-bond donors (Lipinski definition) is 1. The van der Waals surface area contributed by atoms with Crippen LogP contribution in [0.15, 0.2) is 0 Å². The van der Waals surface area contributed by atoms with Crippen LogP contribution in [0.5, 0.6) is 0 Å². The van der Waals surface area contributed by atoms with E-state index in [1.165, 1.54) is 7.05 Å². The first kappa shape index (κ1) is 18.4. The first-order valence-corrected chi connectivity index (χ1v) is 45.1. The van der Waals surface area contributed by atoms with Gasteiger partial charge >= 0.3 is 99.0 Å². The Bertz CT molecular complexity index is 31.5. The third-order valence-electron chi connectivity index (χ3n) is 0. The zero-order valence-electron chi connectivity index (χ0n) is 4.30. The van der Waals surface area contributed by atoms with E-state index in [0.29, 0.717) is 0 Å². The Kier molecular flexibility index (Phi) is 26.7. The van der Waals surface area contributed by atoms with Gasteiger partial charge in [0.15, 0.2) is 0 Å². The fourth-order valence-electron chi connectivity index (χ4n) is 0. The van der Waals surface area contributed by atoms with Gasteiger partial charge in [-0.25, -0.2) is 0 Å². The van der Waals surface area contributed by atoms with Gasteiger partial charge in [-0.3, -0.25) is 0 Å². The standard InChI is InChI=1S/CH5N.4HI.Pb.Sn.2H/c1-2;;;;;;;;/h2H2,1H3;4*1H;;;;/q;;;;;+4;;;/p-4. The third-order valence-corrected chi connectivity index (χ3v) is 0. The van der Waals surface area contributed by atoms with Crippen molar-refractivity contribution in [3.8, 4) is 0 Å². The second kappa shape index (κ2) is 11.6. The summed E-state index contributed by atoms with van der Waals surface area (Å²) in [5.41, 5.74) is 4.50. The molecule has 0 aromatic heterocycles. The van der Waals surface area contributed by atoms with Gasteiger partial charge in [0.1, 0.15) is 0 Å².